The first-order valence-corrected chi connectivity index (χ1v) is 15.0. The first kappa shape index (κ1) is 29.2. The molecule has 1 aliphatic carbocycles. The lowest BCUT2D eigenvalue weighted by atomic mass is 9.81. The summed E-state index contributed by atoms with van der Waals surface area (Å²) >= 11 is 0. The molecule has 4 fully saturated rings. The van der Waals surface area contributed by atoms with E-state index < -0.39 is 17.3 Å². The van der Waals surface area contributed by atoms with Gasteiger partial charge in [0.25, 0.3) is 0 Å². The fourth-order valence-electron chi connectivity index (χ4n) is 6.94. The minimum atomic E-state index is -4.32. The fraction of sp³-hybridized carbons (Fsp3) is 0.733. The van der Waals surface area contributed by atoms with Crippen molar-refractivity contribution in [3.05, 3.63) is 35.4 Å². The van der Waals surface area contributed by atoms with Crippen LogP contribution in [0.5, 0.6) is 0 Å². The Hall–Kier alpha value is -2.33. The van der Waals surface area contributed by atoms with Gasteiger partial charge in [0.05, 0.1) is 12.1 Å². The van der Waals surface area contributed by atoms with Crippen LogP contribution in [-0.4, -0.2) is 96.1 Å². The summed E-state index contributed by atoms with van der Waals surface area (Å²) in [5, 5.41) is 0. The average Bonchev–Trinajstić information content (AvgIpc) is 3.24. The standard InChI is InChI=1S/C30H43F3N4O3/c1-2-13-34-16-18-36(19-17-34)27(38)25-7-3-24(4-8-25)21-37-22-29(40-28(37)39)11-14-35(15-12-29)20-23-5-9-26(10-6-23)30(31,32)33/h5-6,9-10,24-25H,2-4,7-8,11-22H2,1H3. The van der Waals surface area contributed by atoms with E-state index in [9.17, 15) is 22.8 Å². The maximum absolute atomic E-state index is 13.1. The second kappa shape index (κ2) is 12.3. The molecule has 0 radical (unpaired) electrons. The van der Waals surface area contributed by atoms with E-state index in [-0.39, 0.29) is 12.0 Å². The molecule has 3 heterocycles. The number of piperidine rings is 1. The highest BCUT2D eigenvalue weighted by Crippen LogP contribution is 2.37. The number of alkyl halides is 3. The maximum atomic E-state index is 13.1. The van der Waals surface area contributed by atoms with E-state index >= 15 is 0 Å². The van der Waals surface area contributed by atoms with Crippen LogP contribution in [0.4, 0.5) is 18.0 Å². The quantitative estimate of drug-likeness (QED) is 0.474. The van der Waals surface area contributed by atoms with Crippen LogP contribution in [0.1, 0.15) is 63.0 Å². The lowest BCUT2D eigenvalue weighted by Crippen LogP contribution is -2.50. The van der Waals surface area contributed by atoms with Gasteiger partial charge in [0.2, 0.25) is 5.91 Å². The van der Waals surface area contributed by atoms with Gasteiger partial charge in [-0.15, -0.1) is 0 Å². The number of halogens is 3. The monoisotopic (exact) mass is 564 g/mol. The van der Waals surface area contributed by atoms with Crippen LogP contribution in [0.25, 0.3) is 0 Å². The molecule has 1 saturated carbocycles. The third kappa shape index (κ3) is 6.93. The zero-order valence-corrected chi connectivity index (χ0v) is 23.6. The number of nitrogens with zero attached hydrogens (tertiary/aromatic N) is 4. The zero-order chi connectivity index (χ0) is 28.3. The minimum Gasteiger partial charge on any atom is -0.441 e. The Bertz CT molecular complexity index is 1010. The minimum absolute atomic E-state index is 0.111. The highest BCUT2D eigenvalue weighted by molar-refractivity contribution is 5.79. The number of hydrogen-bond acceptors (Lipinski definition) is 5. The second-order valence-corrected chi connectivity index (χ2v) is 12.3. The van der Waals surface area contributed by atoms with Crippen LogP contribution in [-0.2, 0) is 22.3 Å². The summed E-state index contributed by atoms with van der Waals surface area (Å²) in [5.74, 6) is 0.824. The van der Waals surface area contributed by atoms with Crippen molar-refractivity contribution in [2.24, 2.45) is 11.8 Å². The molecular weight excluding hydrogens is 521 g/mol. The zero-order valence-electron chi connectivity index (χ0n) is 23.6. The van der Waals surface area contributed by atoms with E-state index in [1.54, 1.807) is 12.1 Å². The van der Waals surface area contributed by atoms with Crippen LogP contribution >= 0.6 is 0 Å². The van der Waals surface area contributed by atoms with Gasteiger partial charge in [-0.1, -0.05) is 19.1 Å². The van der Waals surface area contributed by atoms with Crippen molar-refractivity contribution in [3.63, 3.8) is 0 Å². The van der Waals surface area contributed by atoms with E-state index in [1.165, 1.54) is 0 Å². The van der Waals surface area contributed by atoms with Gasteiger partial charge < -0.3 is 14.5 Å². The summed E-state index contributed by atoms with van der Waals surface area (Å²) in [5.41, 5.74) is -0.254. The van der Waals surface area contributed by atoms with Crippen LogP contribution in [0.2, 0.25) is 0 Å². The van der Waals surface area contributed by atoms with Crippen LogP contribution in [0, 0.1) is 11.8 Å². The van der Waals surface area contributed by atoms with Crippen LogP contribution < -0.4 is 0 Å². The largest absolute Gasteiger partial charge is 0.441 e. The number of hydrogen-bond donors (Lipinski definition) is 0. The van der Waals surface area contributed by atoms with Gasteiger partial charge in [-0.2, -0.15) is 13.2 Å². The molecule has 4 aliphatic rings. The molecule has 1 aromatic carbocycles. The third-order valence-electron chi connectivity index (χ3n) is 9.39. The molecule has 3 saturated heterocycles. The molecule has 0 aromatic heterocycles. The molecule has 5 rings (SSSR count). The van der Waals surface area contributed by atoms with Crippen LogP contribution in [0.3, 0.4) is 0 Å². The van der Waals surface area contributed by atoms with Gasteiger partial charge in [0, 0.05) is 71.1 Å². The summed E-state index contributed by atoms with van der Waals surface area (Å²) in [6.45, 7) is 10.3. The number of amides is 2. The van der Waals surface area contributed by atoms with Crippen LogP contribution in [0.15, 0.2) is 24.3 Å². The normalized spacial score (nSPS) is 26.4. The van der Waals surface area contributed by atoms with E-state index in [0.717, 1.165) is 108 Å². The molecule has 0 atom stereocenters. The number of piperazine rings is 1. The second-order valence-electron chi connectivity index (χ2n) is 12.3. The third-order valence-corrected chi connectivity index (χ3v) is 9.39. The fourth-order valence-corrected chi connectivity index (χ4v) is 6.94. The lowest BCUT2D eigenvalue weighted by Gasteiger charge is -2.38. The SMILES string of the molecule is CCCN1CCN(C(=O)C2CCC(CN3CC4(CCN(Cc5ccc(C(F)(F)F)cc5)CC4)OC3=O)CC2)CC1. The van der Waals surface area contributed by atoms with Crippen molar-refractivity contribution in [3.8, 4) is 0 Å². The Morgan fingerprint density at radius 3 is 2.20 bits per heavy atom. The number of carbonyl (C=O) groups is 2. The van der Waals surface area contributed by atoms with E-state index in [4.69, 9.17) is 4.74 Å². The summed E-state index contributed by atoms with van der Waals surface area (Å²) in [6, 6.07) is 5.35. The van der Waals surface area contributed by atoms with Crippen molar-refractivity contribution < 1.29 is 27.5 Å². The molecule has 0 N–H and O–H groups in total. The molecule has 40 heavy (non-hydrogen) atoms. The molecular formula is C30H43F3N4O3. The predicted molar refractivity (Wildman–Crippen MR) is 145 cm³/mol. The molecule has 0 bridgehead atoms. The van der Waals surface area contributed by atoms with E-state index in [2.05, 4.69) is 21.6 Å². The number of benzene rings is 1. The molecule has 1 aromatic rings. The molecule has 10 heteroatoms. The first-order chi connectivity index (χ1) is 19.1. The Balaban J connectivity index is 1.04. The van der Waals surface area contributed by atoms with E-state index in [0.29, 0.717) is 31.5 Å². The molecule has 1 spiro atoms. The Kier molecular flexibility index (Phi) is 8.95. The summed E-state index contributed by atoms with van der Waals surface area (Å²) in [6.07, 6.45) is 1.75. The number of carbonyl (C=O) groups excluding carboxylic acids is 2. The highest BCUT2D eigenvalue weighted by Gasteiger charge is 2.47. The maximum Gasteiger partial charge on any atom is 0.416 e. The molecule has 7 nitrogen and oxygen atoms in total. The summed E-state index contributed by atoms with van der Waals surface area (Å²) < 4.78 is 44.4. The molecule has 0 unspecified atom stereocenters. The van der Waals surface area contributed by atoms with Crippen molar-refractivity contribution in [2.45, 2.75) is 70.2 Å². The molecule has 2 amide bonds. The van der Waals surface area contributed by atoms with Crippen molar-refractivity contribution in [2.75, 3.05) is 58.9 Å². The highest BCUT2D eigenvalue weighted by atomic mass is 19.4. The molecule has 3 aliphatic heterocycles. The van der Waals surface area contributed by atoms with E-state index in [1.807, 2.05) is 4.90 Å². The van der Waals surface area contributed by atoms with Gasteiger partial charge in [0.1, 0.15) is 5.60 Å². The predicted octanol–water partition coefficient (Wildman–Crippen LogP) is 4.85. The smallest absolute Gasteiger partial charge is 0.416 e. The van der Waals surface area contributed by atoms with Gasteiger partial charge in [-0.05, 0) is 62.3 Å². The van der Waals surface area contributed by atoms with Crippen molar-refractivity contribution >= 4 is 12.0 Å². The Morgan fingerprint density at radius 1 is 0.950 bits per heavy atom. The lowest BCUT2D eigenvalue weighted by molar-refractivity contribution is -0.139. The summed E-state index contributed by atoms with van der Waals surface area (Å²) in [7, 11) is 0. The average molecular weight is 565 g/mol. The number of ether oxygens (including phenoxy) is 1. The summed E-state index contributed by atoms with van der Waals surface area (Å²) in [4.78, 5) is 34.5. The van der Waals surface area contributed by atoms with Gasteiger partial charge >= 0.3 is 12.3 Å². The Morgan fingerprint density at radius 2 is 1.60 bits per heavy atom. The topological polar surface area (TPSA) is 56.3 Å². The van der Waals surface area contributed by atoms with Gasteiger partial charge in [0.15, 0.2) is 0 Å². The van der Waals surface area contributed by atoms with Gasteiger partial charge in [-0.25, -0.2) is 4.79 Å². The van der Waals surface area contributed by atoms with Crippen molar-refractivity contribution in [1.29, 1.82) is 0 Å². The number of likely N-dealkylation sites (tertiary alicyclic amines) is 1. The first-order valence-electron chi connectivity index (χ1n) is 15.0. The van der Waals surface area contributed by atoms with Gasteiger partial charge in [-0.3, -0.25) is 14.6 Å². The Labute approximate surface area is 235 Å². The number of rotatable bonds is 7. The van der Waals surface area contributed by atoms with Crippen molar-refractivity contribution in [1.82, 2.24) is 19.6 Å². The molecule has 222 valence electrons.